The van der Waals surface area contributed by atoms with Gasteiger partial charge in [-0.25, -0.2) is 5.43 Å². The van der Waals surface area contributed by atoms with Crippen LogP contribution in [0.4, 0.5) is 0 Å². The van der Waals surface area contributed by atoms with Crippen molar-refractivity contribution < 1.29 is 9.53 Å². The van der Waals surface area contributed by atoms with Gasteiger partial charge in [0, 0.05) is 15.3 Å². The molecule has 2 aromatic rings. The molecule has 1 heterocycles. The molecule has 104 valence electrons. The fourth-order valence-electron chi connectivity index (χ4n) is 1.55. The van der Waals surface area contributed by atoms with E-state index in [9.17, 15) is 4.79 Å². The normalized spacial score (nSPS) is 10.8. The van der Waals surface area contributed by atoms with Crippen molar-refractivity contribution in [1.29, 1.82) is 0 Å². The van der Waals surface area contributed by atoms with E-state index in [0.717, 1.165) is 14.2 Å². The lowest BCUT2D eigenvalue weighted by atomic mass is 10.2. The van der Waals surface area contributed by atoms with Crippen molar-refractivity contribution in [2.24, 2.45) is 5.10 Å². The maximum absolute atomic E-state index is 11.9. The van der Waals surface area contributed by atoms with Gasteiger partial charge in [0.15, 0.2) is 0 Å². The minimum absolute atomic E-state index is 0.241. The zero-order valence-corrected chi connectivity index (χ0v) is 14.0. The maximum atomic E-state index is 11.9. The number of hydrogen-bond acceptors (Lipinski definition) is 4. The molecule has 4 nitrogen and oxygen atoms in total. The Morgan fingerprint density at radius 3 is 2.80 bits per heavy atom. The van der Waals surface area contributed by atoms with Crippen LogP contribution in [0.5, 0.6) is 5.75 Å². The summed E-state index contributed by atoms with van der Waals surface area (Å²) in [6.07, 6.45) is 1.64. The molecule has 0 spiro atoms. The first kappa shape index (κ1) is 15.0. The van der Waals surface area contributed by atoms with Crippen LogP contribution in [0.15, 0.2) is 35.4 Å². The molecule has 2 rings (SSSR count). The minimum atomic E-state index is -0.241. The van der Waals surface area contributed by atoms with Crippen LogP contribution in [0.25, 0.3) is 0 Å². The van der Waals surface area contributed by atoms with Crippen LogP contribution >= 0.6 is 33.9 Å². The van der Waals surface area contributed by atoms with Crippen LogP contribution in [0.1, 0.15) is 20.1 Å². The molecule has 0 fully saturated rings. The van der Waals surface area contributed by atoms with E-state index in [1.165, 1.54) is 4.88 Å². The van der Waals surface area contributed by atoms with Crippen molar-refractivity contribution in [3.05, 3.63) is 49.2 Å². The first-order valence-corrected chi connectivity index (χ1v) is 7.73. The molecule has 0 saturated carbocycles. The van der Waals surface area contributed by atoms with Gasteiger partial charge in [-0.15, -0.1) is 11.3 Å². The molecular weight excluding hydrogens is 387 g/mol. The van der Waals surface area contributed by atoms with E-state index in [1.807, 2.05) is 19.1 Å². The second-order valence-corrected chi connectivity index (χ2v) is 6.48. The summed E-state index contributed by atoms with van der Waals surface area (Å²) in [5.74, 6) is 0.509. The number of aryl methyl sites for hydroxylation is 1. The number of hydrazone groups is 1. The summed E-state index contributed by atoms with van der Waals surface area (Å²) in [5, 5.41) is 3.96. The van der Waals surface area contributed by atoms with Gasteiger partial charge >= 0.3 is 0 Å². The third-order valence-corrected chi connectivity index (χ3v) is 4.31. The van der Waals surface area contributed by atoms with Gasteiger partial charge in [0.2, 0.25) is 0 Å². The van der Waals surface area contributed by atoms with E-state index in [2.05, 4.69) is 33.1 Å². The third kappa shape index (κ3) is 3.80. The molecule has 0 bridgehead atoms. The zero-order valence-electron chi connectivity index (χ0n) is 11.0. The standard InChI is InChI=1S/C14H13IN2O2S/c1-9-3-5-11(20-9)8-16-17-14(18)10-4-6-13(19-2)12(15)7-10/h3-8H,1-2H3,(H,17,18)/b16-8+. The number of rotatable bonds is 4. The Morgan fingerprint density at radius 1 is 1.40 bits per heavy atom. The quantitative estimate of drug-likeness (QED) is 0.486. The number of benzene rings is 1. The summed E-state index contributed by atoms with van der Waals surface area (Å²) in [4.78, 5) is 14.1. The summed E-state index contributed by atoms with van der Waals surface area (Å²) >= 11 is 3.75. The Kier molecular flexibility index (Phi) is 5.13. The summed E-state index contributed by atoms with van der Waals surface area (Å²) < 4.78 is 6.04. The van der Waals surface area contributed by atoms with E-state index >= 15 is 0 Å². The lowest BCUT2D eigenvalue weighted by Crippen LogP contribution is -2.17. The molecule has 0 unspecified atom stereocenters. The average molecular weight is 400 g/mol. The molecule has 1 N–H and O–H groups in total. The molecule has 0 aliphatic rings. The summed E-state index contributed by atoms with van der Waals surface area (Å²) in [7, 11) is 1.60. The van der Waals surface area contributed by atoms with E-state index < -0.39 is 0 Å². The maximum Gasteiger partial charge on any atom is 0.271 e. The zero-order chi connectivity index (χ0) is 14.5. The summed E-state index contributed by atoms with van der Waals surface area (Å²) in [5.41, 5.74) is 3.07. The third-order valence-electron chi connectivity index (χ3n) is 2.53. The Morgan fingerprint density at radius 2 is 2.20 bits per heavy atom. The van der Waals surface area contributed by atoms with Crippen LogP contribution in [0.3, 0.4) is 0 Å². The molecule has 1 aromatic heterocycles. The largest absolute Gasteiger partial charge is 0.496 e. The summed E-state index contributed by atoms with van der Waals surface area (Å²) in [6, 6.07) is 9.22. The predicted molar refractivity (Wildman–Crippen MR) is 89.8 cm³/mol. The Balaban J connectivity index is 2.01. The monoisotopic (exact) mass is 400 g/mol. The Bertz CT molecular complexity index is 652. The second kappa shape index (κ2) is 6.85. The second-order valence-electron chi connectivity index (χ2n) is 4.00. The molecular formula is C14H13IN2O2S. The molecule has 0 atom stereocenters. The van der Waals surface area contributed by atoms with Crippen molar-refractivity contribution >= 4 is 46.0 Å². The first-order chi connectivity index (χ1) is 9.60. The molecule has 0 aliphatic heterocycles. The number of halogens is 1. The van der Waals surface area contributed by atoms with Crippen LogP contribution < -0.4 is 10.2 Å². The number of thiophene rings is 1. The predicted octanol–water partition coefficient (Wildman–Crippen LogP) is 3.43. The van der Waals surface area contributed by atoms with Gasteiger partial charge in [-0.3, -0.25) is 4.79 Å². The van der Waals surface area contributed by atoms with Gasteiger partial charge in [-0.05, 0) is 59.8 Å². The van der Waals surface area contributed by atoms with Crippen molar-refractivity contribution in [2.75, 3.05) is 7.11 Å². The van der Waals surface area contributed by atoms with Crippen LogP contribution in [-0.4, -0.2) is 19.2 Å². The fourth-order valence-corrected chi connectivity index (χ4v) is 3.03. The number of ether oxygens (including phenoxy) is 1. The van der Waals surface area contributed by atoms with E-state index in [1.54, 1.807) is 42.9 Å². The molecule has 0 radical (unpaired) electrons. The fraction of sp³-hybridized carbons (Fsp3) is 0.143. The average Bonchev–Trinajstić information content (AvgIpc) is 2.84. The van der Waals surface area contributed by atoms with Crippen LogP contribution in [0, 0.1) is 10.5 Å². The molecule has 6 heteroatoms. The molecule has 1 aromatic carbocycles. The van der Waals surface area contributed by atoms with Gasteiger partial charge in [-0.1, -0.05) is 0 Å². The number of carbonyl (C=O) groups is 1. The van der Waals surface area contributed by atoms with Gasteiger partial charge in [0.05, 0.1) is 16.9 Å². The molecule has 0 saturated heterocycles. The molecule has 1 amide bonds. The first-order valence-electron chi connectivity index (χ1n) is 5.83. The highest BCUT2D eigenvalue weighted by Crippen LogP contribution is 2.21. The minimum Gasteiger partial charge on any atom is -0.496 e. The van der Waals surface area contributed by atoms with Crippen molar-refractivity contribution in [1.82, 2.24) is 5.43 Å². The number of nitrogens with one attached hydrogen (secondary N) is 1. The van der Waals surface area contributed by atoms with E-state index in [-0.39, 0.29) is 5.91 Å². The highest BCUT2D eigenvalue weighted by Gasteiger charge is 2.07. The number of amides is 1. The van der Waals surface area contributed by atoms with Gasteiger partial charge in [0.1, 0.15) is 5.75 Å². The van der Waals surface area contributed by atoms with Gasteiger partial charge in [0.25, 0.3) is 5.91 Å². The smallest absolute Gasteiger partial charge is 0.271 e. The Labute approximate surface area is 135 Å². The Hall–Kier alpha value is -1.41. The highest BCUT2D eigenvalue weighted by atomic mass is 127. The van der Waals surface area contributed by atoms with Gasteiger partial charge in [-0.2, -0.15) is 5.10 Å². The van der Waals surface area contributed by atoms with Crippen LogP contribution in [-0.2, 0) is 0 Å². The van der Waals surface area contributed by atoms with Gasteiger partial charge < -0.3 is 4.74 Å². The number of nitrogens with zero attached hydrogens (tertiary/aromatic N) is 1. The molecule has 0 aliphatic carbocycles. The van der Waals surface area contributed by atoms with Crippen molar-refractivity contribution in [2.45, 2.75) is 6.92 Å². The molecule has 20 heavy (non-hydrogen) atoms. The lowest BCUT2D eigenvalue weighted by Gasteiger charge is -2.05. The number of carbonyl (C=O) groups excluding carboxylic acids is 1. The SMILES string of the molecule is COc1ccc(C(=O)N/N=C/c2ccc(C)s2)cc1I. The number of methoxy groups -OCH3 is 1. The summed E-state index contributed by atoms with van der Waals surface area (Å²) in [6.45, 7) is 2.03. The number of hydrogen-bond donors (Lipinski definition) is 1. The van der Waals surface area contributed by atoms with Crippen LogP contribution in [0.2, 0.25) is 0 Å². The van der Waals surface area contributed by atoms with Crippen molar-refractivity contribution in [3.63, 3.8) is 0 Å². The highest BCUT2D eigenvalue weighted by molar-refractivity contribution is 14.1. The lowest BCUT2D eigenvalue weighted by molar-refractivity contribution is 0.0955. The van der Waals surface area contributed by atoms with E-state index in [0.29, 0.717) is 5.56 Å². The topological polar surface area (TPSA) is 50.7 Å². The van der Waals surface area contributed by atoms with Crippen molar-refractivity contribution in [3.8, 4) is 5.75 Å². The van der Waals surface area contributed by atoms with E-state index in [4.69, 9.17) is 4.74 Å².